The fourth-order valence-electron chi connectivity index (χ4n) is 2.42. The molecule has 1 N–H and O–H groups in total. The molecule has 1 amide bonds. The number of anilines is 1. The molecular formula is C16H17N3OS. The Kier molecular flexibility index (Phi) is 4.40. The molecule has 2 aromatic rings. The van der Waals surface area contributed by atoms with Gasteiger partial charge in [-0.1, -0.05) is 53.8 Å². The van der Waals surface area contributed by atoms with Crippen LogP contribution in [0.25, 0.3) is 0 Å². The molecule has 0 radical (unpaired) electrons. The van der Waals surface area contributed by atoms with E-state index in [1.54, 1.807) is 0 Å². The lowest BCUT2D eigenvalue weighted by molar-refractivity contribution is -0.116. The summed E-state index contributed by atoms with van der Waals surface area (Å²) >= 11 is 1.44. The highest BCUT2D eigenvalue weighted by Crippen LogP contribution is 2.22. The van der Waals surface area contributed by atoms with Gasteiger partial charge >= 0.3 is 0 Å². The third kappa shape index (κ3) is 3.98. The molecule has 1 aliphatic carbocycles. The van der Waals surface area contributed by atoms with Gasteiger partial charge in [-0.2, -0.15) is 0 Å². The molecule has 1 aromatic heterocycles. The van der Waals surface area contributed by atoms with E-state index in [1.807, 2.05) is 18.2 Å². The summed E-state index contributed by atoms with van der Waals surface area (Å²) in [6.45, 7) is 0. The van der Waals surface area contributed by atoms with Gasteiger partial charge in [0.25, 0.3) is 0 Å². The minimum absolute atomic E-state index is 0.0222. The largest absolute Gasteiger partial charge is 0.301 e. The predicted molar refractivity (Wildman–Crippen MR) is 84.3 cm³/mol. The van der Waals surface area contributed by atoms with Crippen LogP contribution in [-0.2, 0) is 11.2 Å². The topological polar surface area (TPSA) is 54.9 Å². The summed E-state index contributed by atoms with van der Waals surface area (Å²) in [6.07, 6.45) is 7.70. The Morgan fingerprint density at radius 1 is 1.29 bits per heavy atom. The first-order valence-electron chi connectivity index (χ1n) is 7.12. The number of hydrogen-bond donors (Lipinski definition) is 1. The second kappa shape index (κ2) is 6.63. The molecule has 5 heteroatoms. The second-order valence-corrected chi connectivity index (χ2v) is 6.24. The second-order valence-electron chi connectivity index (χ2n) is 5.18. The highest BCUT2D eigenvalue weighted by atomic mass is 32.1. The van der Waals surface area contributed by atoms with Crippen LogP contribution in [0.3, 0.4) is 0 Å². The van der Waals surface area contributed by atoms with Gasteiger partial charge in [0.2, 0.25) is 11.0 Å². The van der Waals surface area contributed by atoms with Crippen LogP contribution in [0.1, 0.15) is 29.8 Å². The molecule has 1 atom stereocenters. The fourth-order valence-corrected chi connectivity index (χ4v) is 3.21. The zero-order valence-corrected chi connectivity index (χ0v) is 12.5. The van der Waals surface area contributed by atoms with Crippen molar-refractivity contribution in [1.29, 1.82) is 0 Å². The van der Waals surface area contributed by atoms with Crippen molar-refractivity contribution in [3.63, 3.8) is 0 Å². The Morgan fingerprint density at radius 3 is 2.90 bits per heavy atom. The normalized spacial score (nSPS) is 17.0. The minimum Gasteiger partial charge on any atom is -0.301 e. The average molecular weight is 299 g/mol. The standard InChI is InChI=1S/C16H17N3OS/c20-14(10-12-8-4-5-9-12)17-16-19-18-15(21-16)11-13-6-2-1-3-7-13/h1-4,6-8,12H,5,9-11H2,(H,17,19,20). The maximum Gasteiger partial charge on any atom is 0.226 e. The third-order valence-corrected chi connectivity index (χ3v) is 4.31. The number of carbonyl (C=O) groups is 1. The Bertz CT molecular complexity index is 636. The zero-order chi connectivity index (χ0) is 14.5. The number of rotatable bonds is 5. The summed E-state index contributed by atoms with van der Waals surface area (Å²) in [4.78, 5) is 11.9. The quantitative estimate of drug-likeness (QED) is 0.861. The molecular weight excluding hydrogens is 282 g/mol. The van der Waals surface area contributed by atoms with Crippen molar-refractivity contribution in [2.45, 2.75) is 25.7 Å². The average Bonchev–Trinajstić information content (AvgIpc) is 3.12. The van der Waals surface area contributed by atoms with Crippen molar-refractivity contribution < 1.29 is 4.79 Å². The number of benzene rings is 1. The van der Waals surface area contributed by atoms with E-state index in [-0.39, 0.29) is 5.91 Å². The molecule has 0 fully saturated rings. The number of nitrogens with zero attached hydrogens (tertiary/aromatic N) is 2. The van der Waals surface area contributed by atoms with E-state index in [2.05, 4.69) is 39.8 Å². The lowest BCUT2D eigenvalue weighted by Gasteiger charge is -2.05. The molecule has 0 spiro atoms. The van der Waals surface area contributed by atoms with E-state index in [9.17, 15) is 4.79 Å². The van der Waals surface area contributed by atoms with Gasteiger partial charge in [-0.05, 0) is 24.3 Å². The number of carbonyl (C=O) groups excluding carboxylic acids is 1. The molecule has 0 saturated heterocycles. The van der Waals surface area contributed by atoms with Crippen molar-refractivity contribution in [1.82, 2.24) is 10.2 Å². The van der Waals surface area contributed by atoms with Crippen molar-refractivity contribution in [3.05, 3.63) is 53.1 Å². The van der Waals surface area contributed by atoms with Gasteiger partial charge in [-0.3, -0.25) is 4.79 Å². The van der Waals surface area contributed by atoms with Gasteiger partial charge in [0.05, 0.1) is 0 Å². The van der Waals surface area contributed by atoms with Crippen LogP contribution >= 0.6 is 11.3 Å². The summed E-state index contributed by atoms with van der Waals surface area (Å²) in [5.41, 5.74) is 1.20. The minimum atomic E-state index is 0.0222. The third-order valence-electron chi connectivity index (χ3n) is 3.47. The number of nitrogens with one attached hydrogen (secondary N) is 1. The van der Waals surface area contributed by atoms with Crippen LogP contribution in [0.2, 0.25) is 0 Å². The van der Waals surface area contributed by atoms with E-state index in [0.29, 0.717) is 17.5 Å². The van der Waals surface area contributed by atoms with E-state index < -0.39 is 0 Å². The Balaban J connectivity index is 1.55. The van der Waals surface area contributed by atoms with Crippen LogP contribution < -0.4 is 5.32 Å². The molecule has 1 aromatic carbocycles. The first kappa shape index (κ1) is 13.9. The number of aromatic nitrogens is 2. The zero-order valence-electron chi connectivity index (χ0n) is 11.7. The van der Waals surface area contributed by atoms with Crippen molar-refractivity contribution in [3.8, 4) is 0 Å². The van der Waals surface area contributed by atoms with Crippen LogP contribution in [0.4, 0.5) is 5.13 Å². The Morgan fingerprint density at radius 2 is 2.14 bits per heavy atom. The molecule has 4 nitrogen and oxygen atoms in total. The molecule has 21 heavy (non-hydrogen) atoms. The van der Waals surface area contributed by atoms with Gasteiger partial charge < -0.3 is 5.32 Å². The van der Waals surface area contributed by atoms with E-state index in [0.717, 1.165) is 24.3 Å². The molecule has 3 rings (SSSR count). The highest BCUT2D eigenvalue weighted by molar-refractivity contribution is 7.15. The maximum atomic E-state index is 11.9. The molecule has 1 heterocycles. The highest BCUT2D eigenvalue weighted by Gasteiger charge is 2.15. The predicted octanol–water partition coefficient (Wildman–Crippen LogP) is 3.42. The molecule has 0 aliphatic heterocycles. The van der Waals surface area contributed by atoms with Gasteiger partial charge in [-0.25, -0.2) is 0 Å². The summed E-state index contributed by atoms with van der Waals surface area (Å²) in [5.74, 6) is 0.399. The van der Waals surface area contributed by atoms with E-state index in [4.69, 9.17) is 0 Å². The summed E-state index contributed by atoms with van der Waals surface area (Å²) < 4.78 is 0. The van der Waals surface area contributed by atoms with Gasteiger partial charge in [0.1, 0.15) is 5.01 Å². The summed E-state index contributed by atoms with van der Waals surface area (Å²) in [5, 5.41) is 12.5. The van der Waals surface area contributed by atoms with Gasteiger partial charge in [0, 0.05) is 12.8 Å². The van der Waals surface area contributed by atoms with Crippen molar-refractivity contribution >= 4 is 22.4 Å². The summed E-state index contributed by atoms with van der Waals surface area (Å²) in [6, 6.07) is 10.1. The number of hydrogen-bond acceptors (Lipinski definition) is 4. The Labute approximate surface area is 127 Å². The van der Waals surface area contributed by atoms with Crippen LogP contribution in [-0.4, -0.2) is 16.1 Å². The van der Waals surface area contributed by atoms with Gasteiger partial charge in [-0.15, -0.1) is 10.2 Å². The van der Waals surface area contributed by atoms with Crippen LogP contribution in [0.5, 0.6) is 0 Å². The summed E-state index contributed by atoms with van der Waals surface area (Å²) in [7, 11) is 0. The van der Waals surface area contributed by atoms with Crippen LogP contribution in [0.15, 0.2) is 42.5 Å². The van der Waals surface area contributed by atoms with Gasteiger partial charge in [0.15, 0.2) is 0 Å². The van der Waals surface area contributed by atoms with E-state index >= 15 is 0 Å². The molecule has 1 aliphatic rings. The first-order chi connectivity index (χ1) is 10.3. The lowest BCUT2D eigenvalue weighted by Crippen LogP contribution is -2.14. The SMILES string of the molecule is O=C(CC1C=CCC1)Nc1nnc(Cc2ccccc2)s1. The van der Waals surface area contributed by atoms with E-state index in [1.165, 1.54) is 16.9 Å². The molecule has 0 bridgehead atoms. The Hall–Kier alpha value is -2.01. The number of amides is 1. The smallest absolute Gasteiger partial charge is 0.226 e. The first-order valence-corrected chi connectivity index (χ1v) is 7.94. The van der Waals surface area contributed by atoms with Crippen molar-refractivity contribution in [2.75, 3.05) is 5.32 Å². The lowest BCUT2D eigenvalue weighted by atomic mass is 10.1. The monoisotopic (exact) mass is 299 g/mol. The maximum absolute atomic E-state index is 11.9. The van der Waals surface area contributed by atoms with Crippen molar-refractivity contribution in [2.24, 2.45) is 5.92 Å². The molecule has 1 unspecified atom stereocenters. The molecule has 108 valence electrons. The number of allylic oxidation sites excluding steroid dienone is 2. The van der Waals surface area contributed by atoms with Crippen LogP contribution in [0, 0.1) is 5.92 Å². The fraction of sp³-hybridized carbons (Fsp3) is 0.312. The molecule has 0 saturated carbocycles.